The van der Waals surface area contributed by atoms with Crippen LogP contribution in [0, 0.1) is 5.82 Å². The van der Waals surface area contributed by atoms with Crippen LogP contribution in [0.1, 0.15) is 25.5 Å². The Morgan fingerprint density at radius 1 is 1.44 bits per heavy atom. The first kappa shape index (κ1) is 13.8. The van der Waals surface area contributed by atoms with E-state index in [0.717, 1.165) is 11.3 Å². The van der Waals surface area contributed by atoms with Crippen molar-refractivity contribution in [2.75, 3.05) is 12.0 Å². The second kappa shape index (κ2) is 6.48. The van der Waals surface area contributed by atoms with Crippen LogP contribution < -0.4 is 5.32 Å². The van der Waals surface area contributed by atoms with Crippen molar-refractivity contribution in [3.05, 3.63) is 34.6 Å². The Morgan fingerprint density at radius 2 is 2.12 bits per heavy atom. The van der Waals surface area contributed by atoms with E-state index in [1.165, 1.54) is 12.1 Å². The molecule has 0 bridgehead atoms. The fourth-order valence-electron chi connectivity index (χ4n) is 1.67. The van der Waals surface area contributed by atoms with Gasteiger partial charge in [0.1, 0.15) is 5.82 Å². The molecule has 0 spiro atoms. The second-order valence-corrected chi connectivity index (χ2v) is 5.23. The van der Waals surface area contributed by atoms with Gasteiger partial charge in [-0.2, -0.15) is 11.8 Å². The minimum absolute atomic E-state index is 0.134. The maximum atomic E-state index is 12.9. The number of nitrogens with one attached hydrogen (secondary N) is 1. The van der Waals surface area contributed by atoms with Crippen molar-refractivity contribution in [1.29, 1.82) is 0 Å². The fourth-order valence-corrected chi connectivity index (χ4v) is 2.59. The van der Waals surface area contributed by atoms with Gasteiger partial charge in [0.15, 0.2) is 0 Å². The second-order valence-electron chi connectivity index (χ2n) is 3.91. The summed E-state index contributed by atoms with van der Waals surface area (Å²) in [6, 6.07) is 5.08. The van der Waals surface area contributed by atoms with Crippen LogP contribution in [0.25, 0.3) is 0 Å². The van der Waals surface area contributed by atoms with Gasteiger partial charge < -0.3 is 5.32 Å². The summed E-state index contributed by atoms with van der Waals surface area (Å²) in [4.78, 5) is 0. The van der Waals surface area contributed by atoms with Crippen molar-refractivity contribution in [3.8, 4) is 0 Å². The Hall–Kier alpha value is -0.250. The number of hydrogen-bond acceptors (Lipinski definition) is 2. The fraction of sp³-hybridized carbons (Fsp3) is 0.500. The van der Waals surface area contributed by atoms with E-state index < -0.39 is 0 Å². The van der Waals surface area contributed by atoms with Gasteiger partial charge in [0.25, 0.3) is 0 Å². The van der Waals surface area contributed by atoms with Gasteiger partial charge in [0, 0.05) is 22.9 Å². The minimum Gasteiger partial charge on any atom is -0.307 e. The van der Waals surface area contributed by atoms with Gasteiger partial charge in [-0.15, -0.1) is 0 Å². The van der Waals surface area contributed by atoms with Crippen molar-refractivity contribution in [1.82, 2.24) is 5.32 Å². The Bertz CT molecular complexity index is 346. The van der Waals surface area contributed by atoms with Gasteiger partial charge in [-0.05, 0) is 37.8 Å². The zero-order valence-corrected chi connectivity index (χ0v) is 11.3. The summed E-state index contributed by atoms with van der Waals surface area (Å²) in [5.41, 5.74) is 0.941. The first-order valence-corrected chi connectivity index (χ1v) is 7.01. The Morgan fingerprint density at radius 3 is 2.69 bits per heavy atom. The number of halogens is 2. The SMILES string of the molecule is CSCC(C)NC(C)c1ccc(F)cc1Cl. The molecule has 1 aromatic carbocycles. The van der Waals surface area contributed by atoms with Gasteiger partial charge in [0.05, 0.1) is 0 Å². The lowest BCUT2D eigenvalue weighted by atomic mass is 10.1. The predicted octanol–water partition coefficient (Wildman–Crippen LogP) is 3.88. The number of benzene rings is 1. The third-order valence-electron chi connectivity index (χ3n) is 2.38. The topological polar surface area (TPSA) is 12.0 Å². The predicted molar refractivity (Wildman–Crippen MR) is 70.8 cm³/mol. The molecule has 1 aromatic rings. The first-order chi connectivity index (χ1) is 7.54. The molecule has 1 rings (SSSR count). The van der Waals surface area contributed by atoms with Crippen molar-refractivity contribution in [2.45, 2.75) is 25.9 Å². The number of hydrogen-bond donors (Lipinski definition) is 1. The molecule has 0 aliphatic heterocycles. The van der Waals surface area contributed by atoms with E-state index >= 15 is 0 Å². The van der Waals surface area contributed by atoms with Gasteiger partial charge in [0.2, 0.25) is 0 Å². The lowest BCUT2D eigenvalue weighted by molar-refractivity contribution is 0.510. The van der Waals surface area contributed by atoms with E-state index in [9.17, 15) is 4.39 Å². The molecule has 2 unspecified atom stereocenters. The minimum atomic E-state index is -0.293. The normalized spacial score (nSPS) is 14.8. The number of rotatable bonds is 5. The van der Waals surface area contributed by atoms with E-state index in [1.807, 2.05) is 6.92 Å². The van der Waals surface area contributed by atoms with Gasteiger partial charge in [-0.25, -0.2) is 4.39 Å². The molecule has 16 heavy (non-hydrogen) atoms. The maximum Gasteiger partial charge on any atom is 0.124 e. The van der Waals surface area contributed by atoms with Crippen LogP contribution in [0.15, 0.2) is 18.2 Å². The molecule has 1 nitrogen and oxygen atoms in total. The average molecular weight is 262 g/mol. The molecule has 0 saturated heterocycles. The van der Waals surface area contributed by atoms with Gasteiger partial charge in [-0.3, -0.25) is 0 Å². The van der Waals surface area contributed by atoms with Crippen LogP contribution in [-0.4, -0.2) is 18.1 Å². The third kappa shape index (κ3) is 3.96. The van der Waals surface area contributed by atoms with E-state index in [1.54, 1.807) is 17.8 Å². The summed E-state index contributed by atoms with van der Waals surface area (Å²) < 4.78 is 12.9. The molecule has 0 radical (unpaired) electrons. The van der Waals surface area contributed by atoms with Gasteiger partial charge >= 0.3 is 0 Å². The summed E-state index contributed by atoms with van der Waals surface area (Å²) in [6.45, 7) is 4.17. The highest BCUT2D eigenvalue weighted by molar-refractivity contribution is 7.98. The van der Waals surface area contributed by atoms with Crippen molar-refractivity contribution < 1.29 is 4.39 Å². The summed E-state index contributed by atoms with van der Waals surface area (Å²) in [7, 11) is 0. The summed E-state index contributed by atoms with van der Waals surface area (Å²) in [5.74, 6) is 0.751. The molecule has 2 atom stereocenters. The van der Waals surface area contributed by atoms with Crippen LogP contribution >= 0.6 is 23.4 Å². The monoisotopic (exact) mass is 261 g/mol. The standard InChI is InChI=1S/C12H17ClFNS/c1-8(7-16-3)15-9(2)11-5-4-10(14)6-12(11)13/h4-6,8-9,15H,7H2,1-3H3. The smallest absolute Gasteiger partial charge is 0.124 e. The zero-order valence-electron chi connectivity index (χ0n) is 9.76. The Labute approximate surface area is 106 Å². The van der Waals surface area contributed by atoms with E-state index in [2.05, 4.69) is 18.5 Å². The van der Waals surface area contributed by atoms with Gasteiger partial charge in [-0.1, -0.05) is 17.7 Å². The summed E-state index contributed by atoms with van der Waals surface area (Å²) >= 11 is 7.80. The molecule has 0 amide bonds. The highest BCUT2D eigenvalue weighted by Gasteiger charge is 2.12. The highest BCUT2D eigenvalue weighted by Crippen LogP contribution is 2.24. The van der Waals surface area contributed by atoms with Crippen LogP contribution in [-0.2, 0) is 0 Å². The van der Waals surface area contributed by atoms with E-state index in [-0.39, 0.29) is 11.9 Å². The molecule has 4 heteroatoms. The molecule has 0 aliphatic carbocycles. The lowest BCUT2D eigenvalue weighted by Crippen LogP contribution is -2.30. The molecule has 0 heterocycles. The molecular formula is C12H17ClFNS. The maximum absolute atomic E-state index is 12.9. The van der Waals surface area contributed by atoms with Crippen LogP contribution in [0.3, 0.4) is 0 Å². The summed E-state index contributed by atoms with van der Waals surface area (Å²) in [6.07, 6.45) is 2.08. The first-order valence-electron chi connectivity index (χ1n) is 5.24. The molecule has 0 aliphatic rings. The molecular weight excluding hydrogens is 245 g/mol. The zero-order chi connectivity index (χ0) is 12.1. The van der Waals surface area contributed by atoms with Crippen molar-refractivity contribution in [2.24, 2.45) is 0 Å². The van der Waals surface area contributed by atoms with Crippen LogP contribution in [0.5, 0.6) is 0 Å². The molecule has 90 valence electrons. The summed E-state index contributed by atoms with van der Waals surface area (Å²) in [5, 5.41) is 3.91. The van der Waals surface area contributed by atoms with Crippen LogP contribution in [0.2, 0.25) is 5.02 Å². The number of thioether (sulfide) groups is 1. The highest BCUT2D eigenvalue weighted by atomic mass is 35.5. The van der Waals surface area contributed by atoms with Crippen molar-refractivity contribution >= 4 is 23.4 Å². The molecule has 1 N–H and O–H groups in total. The quantitative estimate of drug-likeness (QED) is 0.863. The largest absolute Gasteiger partial charge is 0.307 e. The van der Waals surface area contributed by atoms with Crippen molar-refractivity contribution in [3.63, 3.8) is 0 Å². The molecule has 0 aromatic heterocycles. The molecule has 0 fully saturated rings. The van der Waals surface area contributed by atoms with Crippen LogP contribution in [0.4, 0.5) is 4.39 Å². The van der Waals surface area contributed by atoms with E-state index in [4.69, 9.17) is 11.6 Å². The Kier molecular flexibility index (Phi) is 5.59. The lowest BCUT2D eigenvalue weighted by Gasteiger charge is -2.20. The molecule has 0 saturated carbocycles. The Balaban J connectivity index is 2.69. The average Bonchev–Trinajstić information content (AvgIpc) is 2.17. The van der Waals surface area contributed by atoms with E-state index in [0.29, 0.717) is 11.1 Å². The third-order valence-corrected chi connectivity index (χ3v) is 3.54.